The Balaban J connectivity index is 2.61. The molecule has 1 rings (SSSR count). The van der Waals surface area contributed by atoms with Crippen LogP contribution in [0.1, 0.15) is 31.9 Å². The lowest BCUT2D eigenvalue weighted by atomic mass is 9.97. The Morgan fingerprint density at radius 3 is 2.14 bits per heavy atom. The van der Waals surface area contributed by atoms with Gasteiger partial charge in [-0.25, -0.2) is 0 Å². The van der Waals surface area contributed by atoms with Gasteiger partial charge in [0.25, 0.3) is 0 Å². The molecule has 0 saturated heterocycles. The first-order chi connectivity index (χ1) is 6.61. The van der Waals surface area contributed by atoms with Gasteiger partial charge in [-0.05, 0) is 17.9 Å². The second kappa shape index (κ2) is 5.13. The number of hydrogen-bond donors (Lipinski definition) is 2. The molecule has 0 aliphatic rings. The fraction of sp³-hybridized carbons (Fsp3) is 0.500. The Labute approximate surface area is 85.2 Å². The SMILES string of the molecule is CC(C)C[C@H](O)[C@H](O)c1ccccc1. The fourth-order valence-corrected chi connectivity index (χ4v) is 1.48. The monoisotopic (exact) mass is 194 g/mol. The van der Waals surface area contributed by atoms with E-state index in [4.69, 9.17) is 0 Å². The van der Waals surface area contributed by atoms with Crippen LogP contribution in [0, 0.1) is 5.92 Å². The number of aliphatic hydroxyl groups excluding tert-OH is 2. The van der Waals surface area contributed by atoms with E-state index < -0.39 is 12.2 Å². The second-order valence-electron chi connectivity index (χ2n) is 4.05. The third-order valence-electron chi connectivity index (χ3n) is 2.22. The zero-order valence-corrected chi connectivity index (χ0v) is 8.72. The number of aliphatic hydroxyl groups is 2. The van der Waals surface area contributed by atoms with Crippen molar-refractivity contribution < 1.29 is 10.2 Å². The quantitative estimate of drug-likeness (QED) is 0.770. The molecule has 2 N–H and O–H groups in total. The predicted octanol–water partition coefficient (Wildman–Crippen LogP) is 2.13. The van der Waals surface area contributed by atoms with Crippen LogP contribution in [0.3, 0.4) is 0 Å². The third-order valence-corrected chi connectivity index (χ3v) is 2.22. The number of benzene rings is 1. The highest BCUT2D eigenvalue weighted by atomic mass is 16.3. The average molecular weight is 194 g/mol. The van der Waals surface area contributed by atoms with Crippen LogP contribution < -0.4 is 0 Å². The highest BCUT2D eigenvalue weighted by Crippen LogP contribution is 2.20. The van der Waals surface area contributed by atoms with Crippen LogP contribution in [-0.4, -0.2) is 16.3 Å². The molecular weight excluding hydrogens is 176 g/mol. The summed E-state index contributed by atoms with van der Waals surface area (Å²) in [6, 6.07) is 9.27. The first kappa shape index (κ1) is 11.2. The van der Waals surface area contributed by atoms with Gasteiger partial charge in [0.05, 0.1) is 6.10 Å². The van der Waals surface area contributed by atoms with Crippen molar-refractivity contribution in [2.24, 2.45) is 5.92 Å². The molecular formula is C12H18O2. The maximum atomic E-state index is 9.79. The molecule has 0 fully saturated rings. The normalized spacial score (nSPS) is 15.5. The largest absolute Gasteiger partial charge is 0.390 e. The van der Waals surface area contributed by atoms with Crippen molar-refractivity contribution in [3.05, 3.63) is 35.9 Å². The molecule has 78 valence electrons. The zero-order valence-electron chi connectivity index (χ0n) is 8.72. The van der Waals surface area contributed by atoms with Gasteiger partial charge in [0.15, 0.2) is 0 Å². The molecule has 0 aliphatic heterocycles. The van der Waals surface area contributed by atoms with Gasteiger partial charge >= 0.3 is 0 Å². The first-order valence-electron chi connectivity index (χ1n) is 5.02. The Morgan fingerprint density at radius 2 is 1.64 bits per heavy atom. The van der Waals surface area contributed by atoms with Crippen LogP contribution in [-0.2, 0) is 0 Å². The maximum Gasteiger partial charge on any atom is 0.105 e. The summed E-state index contributed by atoms with van der Waals surface area (Å²) < 4.78 is 0. The molecule has 0 saturated carbocycles. The summed E-state index contributed by atoms with van der Waals surface area (Å²) >= 11 is 0. The van der Waals surface area contributed by atoms with Gasteiger partial charge in [-0.2, -0.15) is 0 Å². The summed E-state index contributed by atoms with van der Waals surface area (Å²) in [6.07, 6.45) is -0.813. The summed E-state index contributed by atoms with van der Waals surface area (Å²) in [5.74, 6) is 0.392. The molecule has 0 radical (unpaired) electrons. The van der Waals surface area contributed by atoms with Crippen molar-refractivity contribution in [2.45, 2.75) is 32.5 Å². The van der Waals surface area contributed by atoms with Crippen molar-refractivity contribution in [1.29, 1.82) is 0 Å². The Kier molecular flexibility index (Phi) is 4.11. The molecule has 0 bridgehead atoms. The van der Waals surface area contributed by atoms with Crippen molar-refractivity contribution in [3.63, 3.8) is 0 Å². The molecule has 0 amide bonds. The highest BCUT2D eigenvalue weighted by molar-refractivity contribution is 5.18. The predicted molar refractivity (Wildman–Crippen MR) is 56.9 cm³/mol. The molecule has 14 heavy (non-hydrogen) atoms. The van der Waals surface area contributed by atoms with Crippen LogP contribution in [0.2, 0.25) is 0 Å². The summed E-state index contributed by atoms with van der Waals surface area (Å²) in [6.45, 7) is 4.06. The van der Waals surface area contributed by atoms with E-state index in [-0.39, 0.29) is 0 Å². The molecule has 0 heterocycles. The van der Waals surface area contributed by atoms with E-state index in [1.165, 1.54) is 0 Å². The number of rotatable bonds is 4. The first-order valence-corrected chi connectivity index (χ1v) is 5.02. The van der Waals surface area contributed by atoms with Crippen LogP contribution in [0.15, 0.2) is 30.3 Å². The molecule has 0 aliphatic carbocycles. The molecule has 0 spiro atoms. The maximum absolute atomic E-state index is 9.79. The molecule has 2 atom stereocenters. The van der Waals surface area contributed by atoms with Crippen molar-refractivity contribution >= 4 is 0 Å². The lowest BCUT2D eigenvalue weighted by molar-refractivity contribution is 0.00634. The average Bonchev–Trinajstić information content (AvgIpc) is 2.17. The van der Waals surface area contributed by atoms with E-state index in [1.54, 1.807) is 0 Å². The summed E-state index contributed by atoms with van der Waals surface area (Å²) in [4.78, 5) is 0. The molecule has 1 aromatic carbocycles. The summed E-state index contributed by atoms with van der Waals surface area (Å²) in [5.41, 5.74) is 0.778. The Bertz CT molecular complexity index is 256. The van der Waals surface area contributed by atoms with Crippen molar-refractivity contribution in [2.75, 3.05) is 0 Å². The van der Waals surface area contributed by atoms with E-state index in [1.807, 2.05) is 44.2 Å². The van der Waals surface area contributed by atoms with E-state index in [9.17, 15) is 10.2 Å². The Morgan fingerprint density at radius 1 is 1.07 bits per heavy atom. The fourth-order valence-electron chi connectivity index (χ4n) is 1.48. The van der Waals surface area contributed by atoms with E-state index in [0.717, 1.165) is 5.56 Å². The summed E-state index contributed by atoms with van der Waals surface area (Å²) in [7, 11) is 0. The van der Waals surface area contributed by atoms with Gasteiger partial charge in [0, 0.05) is 0 Å². The molecule has 2 nitrogen and oxygen atoms in total. The van der Waals surface area contributed by atoms with Crippen LogP contribution in [0.4, 0.5) is 0 Å². The summed E-state index contributed by atoms with van der Waals surface area (Å²) in [5, 5.41) is 19.5. The van der Waals surface area contributed by atoms with Crippen molar-refractivity contribution in [3.8, 4) is 0 Å². The smallest absolute Gasteiger partial charge is 0.105 e. The topological polar surface area (TPSA) is 40.5 Å². The minimum Gasteiger partial charge on any atom is -0.390 e. The molecule has 2 heteroatoms. The second-order valence-corrected chi connectivity index (χ2v) is 4.05. The lowest BCUT2D eigenvalue weighted by Gasteiger charge is -2.19. The lowest BCUT2D eigenvalue weighted by Crippen LogP contribution is -2.20. The standard InChI is InChI=1S/C12H18O2/c1-9(2)8-11(13)12(14)10-6-4-3-5-7-10/h3-7,9,11-14H,8H2,1-2H3/t11-,12+/m0/s1. The highest BCUT2D eigenvalue weighted by Gasteiger charge is 2.18. The number of hydrogen-bond acceptors (Lipinski definition) is 2. The zero-order chi connectivity index (χ0) is 10.6. The van der Waals surface area contributed by atoms with Crippen LogP contribution >= 0.6 is 0 Å². The minimum atomic E-state index is -0.765. The molecule has 0 unspecified atom stereocenters. The van der Waals surface area contributed by atoms with E-state index >= 15 is 0 Å². The van der Waals surface area contributed by atoms with Gasteiger partial charge in [-0.15, -0.1) is 0 Å². The molecule has 0 aromatic heterocycles. The van der Waals surface area contributed by atoms with Gasteiger partial charge < -0.3 is 10.2 Å². The van der Waals surface area contributed by atoms with Gasteiger partial charge in [-0.3, -0.25) is 0 Å². The molecule has 1 aromatic rings. The van der Waals surface area contributed by atoms with Crippen LogP contribution in [0.25, 0.3) is 0 Å². The van der Waals surface area contributed by atoms with Gasteiger partial charge in [0.1, 0.15) is 6.10 Å². The Hall–Kier alpha value is -0.860. The van der Waals surface area contributed by atoms with E-state index in [2.05, 4.69) is 0 Å². The van der Waals surface area contributed by atoms with Crippen LogP contribution in [0.5, 0.6) is 0 Å². The van der Waals surface area contributed by atoms with Crippen molar-refractivity contribution in [1.82, 2.24) is 0 Å². The van der Waals surface area contributed by atoms with E-state index in [0.29, 0.717) is 12.3 Å². The van der Waals surface area contributed by atoms with Gasteiger partial charge in [0.2, 0.25) is 0 Å². The third kappa shape index (κ3) is 3.13. The minimum absolute atomic E-state index is 0.392. The van der Waals surface area contributed by atoms with Gasteiger partial charge in [-0.1, -0.05) is 44.2 Å².